The fraction of sp³-hybridized carbons (Fsp3) is 0.143. The third-order valence-corrected chi connectivity index (χ3v) is 2.78. The molecule has 2 rings (SSSR count). The molecule has 0 saturated heterocycles. The summed E-state index contributed by atoms with van der Waals surface area (Å²) in [5.41, 5.74) is 2.88. The zero-order valence-corrected chi connectivity index (χ0v) is 9.13. The molecule has 80 valence electrons. The largest absolute Gasteiger partial charge is 0.298 e. The first-order chi connectivity index (χ1) is 7.83. The highest BCUT2D eigenvalue weighted by atomic mass is 16.1. The van der Waals surface area contributed by atoms with Gasteiger partial charge in [0.05, 0.1) is 0 Å². The van der Waals surface area contributed by atoms with Crippen LogP contribution in [0.25, 0.3) is 0 Å². The fourth-order valence-electron chi connectivity index (χ4n) is 1.81. The number of hydrogen-bond donors (Lipinski definition) is 0. The van der Waals surface area contributed by atoms with Gasteiger partial charge < -0.3 is 0 Å². The Bertz CT molecular complexity index is 479. The first kappa shape index (κ1) is 10.6. The van der Waals surface area contributed by atoms with Gasteiger partial charge in [0.25, 0.3) is 0 Å². The molecule has 0 N–H and O–H groups in total. The Balaban J connectivity index is 2.41. The summed E-state index contributed by atoms with van der Waals surface area (Å²) in [4.78, 5) is 15.0. The Morgan fingerprint density at radius 1 is 1.19 bits per heavy atom. The maximum absolute atomic E-state index is 10.9. The molecule has 1 aromatic heterocycles. The van der Waals surface area contributed by atoms with E-state index in [1.165, 1.54) is 5.56 Å². The van der Waals surface area contributed by atoms with Gasteiger partial charge >= 0.3 is 0 Å². The number of benzene rings is 1. The lowest BCUT2D eigenvalue weighted by Gasteiger charge is -2.13. The standard InChI is InChI=1S/C14H13NO/c1-11(12-5-3-2-4-6-12)14-9-15-8-7-13(14)10-16/h2-11H,1H3. The molecule has 0 aliphatic carbocycles. The van der Waals surface area contributed by atoms with Crippen molar-refractivity contribution in [2.75, 3.05) is 0 Å². The summed E-state index contributed by atoms with van der Waals surface area (Å²) in [5, 5.41) is 0. The van der Waals surface area contributed by atoms with Crippen LogP contribution in [-0.2, 0) is 0 Å². The van der Waals surface area contributed by atoms with Crippen molar-refractivity contribution in [1.29, 1.82) is 0 Å². The summed E-state index contributed by atoms with van der Waals surface area (Å²) in [6.45, 7) is 2.08. The van der Waals surface area contributed by atoms with Crippen molar-refractivity contribution in [3.63, 3.8) is 0 Å². The van der Waals surface area contributed by atoms with Crippen LogP contribution >= 0.6 is 0 Å². The van der Waals surface area contributed by atoms with Crippen molar-refractivity contribution < 1.29 is 4.79 Å². The molecule has 0 spiro atoms. The summed E-state index contributed by atoms with van der Waals surface area (Å²) in [7, 11) is 0. The van der Waals surface area contributed by atoms with E-state index in [4.69, 9.17) is 0 Å². The molecule has 2 aromatic rings. The molecule has 0 bridgehead atoms. The molecule has 1 aromatic carbocycles. The molecule has 16 heavy (non-hydrogen) atoms. The lowest BCUT2D eigenvalue weighted by atomic mass is 9.91. The quantitative estimate of drug-likeness (QED) is 0.730. The van der Waals surface area contributed by atoms with E-state index < -0.39 is 0 Å². The second-order valence-corrected chi connectivity index (χ2v) is 3.75. The minimum absolute atomic E-state index is 0.190. The lowest BCUT2D eigenvalue weighted by molar-refractivity contribution is 0.112. The van der Waals surface area contributed by atoms with Gasteiger partial charge in [-0.1, -0.05) is 37.3 Å². The van der Waals surface area contributed by atoms with Gasteiger partial charge in [-0.25, -0.2) is 0 Å². The molecule has 1 heterocycles. The van der Waals surface area contributed by atoms with Crippen LogP contribution in [-0.4, -0.2) is 11.3 Å². The van der Waals surface area contributed by atoms with Crippen molar-refractivity contribution in [3.05, 3.63) is 65.5 Å². The van der Waals surface area contributed by atoms with E-state index in [1.54, 1.807) is 18.5 Å². The van der Waals surface area contributed by atoms with Crippen LogP contribution in [0.5, 0.6) is 0 Å². The van der Waals surface area contributed by atoms with Crippen molar-refractivity contribution in [2.45, 2.75) is 12.8 Å². The molecule has 0 amide bonds. The van der Waals surface area contributed by atoms with Crippen molar-refractivity contribution in [3.8, 4) is 0 Å². The summed E-state index contributed by atoms with van der Waals surface area (Å²) < 4.78 is 0. The zero-order chi connectivity index (χ0) is 11.4. The van der Waals surface area contributed by atoms with E-state index in [1.807, 2.05) is 18.2 Å². The molecule has 2 nitrogen and oxygen atoms in total. The normalized spacial score (nSPS) is 12.1. The van der Waals surface area contributed by atoms with E-state index in [-0.39, 0.29) is 5.92 Å². The summed E-state index contributed by atoms with van der Waals surface area (Å²) in [6.07, 6.45) is 4.29. The first-order valence-electron chi connectivity index (χ1n) is 5.27. The number of aldehydes is 1. The molecule has 0 saturated carbocycles. The molecule has 0 radical (unpaired) electrons. The highest BCUT2D eigenvalue weighted by Gasteiger charge is 2.11. The maximum Gasteiger partial charge on any atom is 0.150 e. The third-order valence-electron chi connectivity index (χ3n) is 2.78. The van der Waals surface area contributed by atoms with E-state index in [0.717, 1.165) is 11.8 Å². The number of pyridine rings is 1. The Morgan fingerprint density at radius 2 is 1.94 bits per heavy atom. The molecular weight excluding hydrogens is 198 g/mol. The highest BCUT2D eigenvalue weighted by molar-refractivity contribution is 5.77. The Labute approximate surface area is 95.0 Å². The predicted octanol–water partition coefficient (Wildman–Crippen LogP) is 3.05. The zero-order valence-electron chi connectivity index (χ0n) is 9.13. The molecule has 1 atom stereocenters. The number of aromatic nitrogens is 1. The second kappa shape index (κ2) is 4.71. The van der Waals surface area contributed by atoms with E-state index in [0.29, 0.717) is 5.56 Å². The molecular formula is C14H13NO. The van der Waals surface area contributed by atoms with Crippen LogP contribution in [0, 0.1) is 0 Å². The smallest absolute Gasteiger partial charge is 0.150 e. The number of hydrogen-bond acceptors (Lipinski definition) is 2. The van der Waals surface area contributed by atoms with Gasteiger partial charge in [0.2, 0.25) is 0 Å². The molecule has 0 aliphatic heterocycles. The van der Waals surface area contributed by atoms with Gasteiger partial charge in [0, 0.05) is 23.9 Å². The van der Waals surface area contributed by atoms with Gasteiger partial charge in [-0.05, 0) is 17.2 Å². The predicted molar refractivity (Wildman–Crippen MR) is 63.6 cm³/mol. The molecule has 2 heteroatoms. The van der Waals surface area contributed by atoms with E-state index in [2.05, 4.69) is 24.0 Å². The minimum atomic E-state index is 0.190. The molecule has 1 unspecified atom stereocenters. The van der Waals surface area contributed by atoms with Crippen LogP contribution in [0.4, 0.5) is 0 Å². The van der Waals surface area contributed by atoms with Crippen LogP contribution in [0.15, 0.2) is 48.8 Å². The second-order valence-electron chi connectivity index (χ2n) is 3.75. The van der Waals surface area contributed by atoms with Gasteiger partial charge in [0.15, 0.2) is 0 Å². The molecule has 0 fully saturated rings. The van der Waals surface area contributed by atoms with Gasteiger partial charge in [-0.3, -0.25) is 9.78 Å². The summed E-state index contributed by atoms with van der Waals surface area (Å²) >= 11 is 0. The maximum atomic E-state index is 10.9. The van der Waals surface area contributed by atoms with Crippen molar-refractivity contribution in [2.24, 2.45) is 0 Å². The number of carbonyl (C=O) groups excluding carboxylic acids is 1. The van der Waals surface area contributed by atoms with Crippen LogP contribution in [0.2, 0.25) is 0 Å². The Kier molecular flexibility index (Phi) is 3.10. The lowest BCUT2D eigenvalue weighted by Crippen LogP contribution is -2.01. The van der Waals surface area contributed by atoms with Gasteiger partial charge in [-0.15, -0.1) is 0 Å². The minimum Gasteiger partial charge on any atom is -0.298 e. The van der Waals surface area contributed by atoms with Crippen molar-refractivity contribution >= 4 is 6.29 Å². The highest BCUT2D eigenvalue weighted by Crippen LogP contribution is 2.25. The average molecular weight is 211 g/mol. The van der Waals surface area contributed by atoms with Crippen molar-refractivity contribution in [1.82, 2.24) is 4.98 Å². The topological polar surface area (TPSA) is 30.0 Å². The summed E-state index contributed by atoms with van der Waals surface area (Å²) in [5.74, 6) is 0.190. The monoisotopic (exact) mass is 211 g/mol. The number of rotatable bonds is 3. The Morgan fingerprint density at radius 3 is 2.62 bits per heavy atom. The van der Waals surface area contributed by atoms with E-state index >= 15 is 0 Å². The first-order valence-corrected chi connectivity index (χ1v) is 5.27. The average Bonchev–Trinajstić information content (AvgIpc) is 2.39. The third kappa shape index (κ3) is 2.01. The molecule has 0 aliphatic rings. The number of carbonyl (C=O) groups is 1. The van der Waals surface area contributed by atoms with Gasteiger partial charge in [0.1, 0.15) is 6.29 Å². The van der Waals surface area contributed by atoms with Gasteiger partial charge in [-0.2, -0.15) is 0 Å². The van der Waals surface area contributed by atoms with E-state index in [9.17, 15) is 4.79 Å². The fourth-order valence-corrected chi connectivity index (χ4v) is 1.81. The summed E-state index contributed by atoms with van der Waals surface area (Å²) in [6, 6.07) is 11.9. The van der Waals surface area contributed by atoms with Crippen LogP contribution in [0.1, 0.15) is 34.3 Å². The number of nitrogens with zero attached hydrogens (tertiary/aromatic N) is 1. The Hall–Kier alpha value is -1.96. The van der Waals surface area contributed by atoms with Crippen LogP contribution in [0.3, 0.4) is 0 Å². The SMILES string of the molecule is CC(c1ccccc1)c1cnccc1C=O. The van der Waals surface area contributed by atoms with Crippen LogP contribution < -0.4 is 0 Å².